The molecule has 0 radical (unpaired) electrons. The van der Waals surface area contributed by atoms with E-state index in [1.807, 2.05) is 13.0 Å². The molecule has 7 nitrogen and oxygen atoms in total. The first-order valence-corrected chi connectivity index (χ1v) is 11.5. The van der Waals surface area contributed by atoms with Gasteiger partial charge in [0, 0.05) is 46.9 Å². The molecule has 0 spiro atoms. The van der Waals surface area contributed by atoms with E-state index in [2.05, 4.69) is 11.9 Å². The van der Waals surface area contributed by atoms with Crippen molar-refractivity contribution in [3.63, 3.8) is 0 Å². The van der Waals surface area contributed by atoms with Crippen LogP contribution in [-0.4, -0.2) is 35.9 Å². The number of carboxylic acids is 1. The maximum Gasteiger partial charge on any atom is 0.341 e. The summed E-state index contributed by atoms with van der Waals surface area (Å²) in [6.45, 7) is 5.50. The monoisotopic (exact) mass is 451 g/mol. The van der Waals surface area contributed by atoms with E-state index in [1.54, 1.807) is 12.1 Å². The van der Waals surface area contributed by atoms with Gasteiger partial charge in [-0.1, -0.05) is 12.1 Å². The molecule has 4 rings (SSSR count). The predicted molar refractivity (Wildman–Crippen MR) is 122 cm³/mol. The van der Waals surface area contributed by atoms with Gasteiger partial charge in [0.1, 0.15) is 0 Å². The molecule has 1 heterocycles. The highest BCUT2D eigenvalue weighted by Gasteiger charge is 2.40. The molecule has 2 N–H and O–H groups in total. The highest BCUT2D eigenvalue weighted by molar-refractivity contribution is 6.06. The lowest BCUT2D eigenvalue weighted by molar-refractivity contribution is -0.139. The fourth-order valence-corrected chi connectivity index (χ4v) is 5.03. The summed E-state index contributed by atoms with van der Waals surface area (Å²) in [5, 5.41) is 12.5. The molecule has 0 saturated heterocycles. The van der Waals surface area contributed by atoms with Crippen molar-refractivity contribution < 1.29 is 29.0 Å². The van der Waals surface area contributed by atoms with Crippen LogP contribution in [0.3, 0.4) is 0 Å². The molecular weight excluding hydrogens is 422 g/mol. The number of hydrogen-bond donors (Lipinski definition) is 2. The van der Waals surface area contributed by atoms with E-state index >= 15 is 0 Å². The number of nitrogens with one attached hydrogen (secondary N) is 1. The van der Waals surface area contributed by atoms with Crippen molar-refractivity contribution in [3.8, 4) is 11.5 Å². The number of aliphatic carboxylic acids is 1. The fourth-order valence-electron chi connectivity index (χ4n) is 5.03. The van der Waals surface area contributed by atoms with Crippen LogP contribution in [-0.2, 0) is 20.8 Å². The summed E-state index contributed by atoms with van der Waals surface area (Å²) >= 11 is 0. The van der Waals surface area contributed by atoms with Gasteiger partial charge in [-0.25, -0.2) is 4.79 Å². The maximum absolute atomic E-state index is 13.1. The molecule has 0 atom stereocenters. The van der Waals surface area contributed by atoms with E-state index in [-0.39, 0.29) is 11.6 Å². The Morgan fingerprint density at radius 3 is 2.27 bits per heavy atom. The van der Waals surface area contributed by atoms with Gasteiger partial charge in [0.25, 0.3) is 0 Å². The van der Waals surface area contributed by atoms with E-state index < -0.39 is 18.5 Å². The van der Waals surface area contributed by atoms with Crippen LogP contribution in [0, 0.1) is 0 Å². The second kappa shape index (κ2) is 9.65. The molecule has 0 fully saturated rings. The number of carbonyl (C=O) groups is 3. The van der Waals surface area contributed by atoms with Crippen molar-refractivity contribution in [2.75, 3.05) is 13.2 Å². The van der Waals surface area contributed by atoms with Gasteiger partial charge in [0.05, 0.1) is 6.61 Å². The molecule has 0 bridgehead atoms. The van der Waals surface area contributed by atoms with Gasteiger partial charge in [0.2, 0.25) is 0 Å². The van der Waals surface area contributed by atoms with Crippen LogP contribution in [0.25, 0.3) is 0 Å². The second-order valence-corrected chi connectivity index (χ2v) is 8.51. The van der Waals surface area contributed by atoms with Crippen LogP contribution in [0.1, 0.15) is 62.5 Å². The third kappa shape index (κ3) is 4.45. The standard InChI is InChI=1S/C26H29NO6/c1-3-7-15-12-16(13-21(32-4-2)26(15)33-14-22(30)31)23-24-17(8-5-10-19(24)28)27-18-9-6-11-20(29)25(18)23/h3,12-13,23,27H,1,4-11,14H2,2H3,(H,30,31). The molecule has 33 heavy (non-hydrogen) atoms. The van der Waals surface area contributed by atoms with Crippen molar-refractivity contribution in [1.82, 2.24) is 5.32 Å². The van der Waals surface area contributed by atoms with Crippen molar-refractivity contribution in [2.24, 2.45) is 0 Å². The molecule has 0 aromatic heterocycles. The topological polar surface area (TPSA) is 102 Å². The Labute approximate surface area is 193 Å². The maximum atomic E-state index is 13.1. The number of carboxylic acid groups (broad SMARTS) is 1. The lowest BCUT2D eigenvalue weighted by atomic mass is 9.71. The fraction of sp³-hybridized carbons (Fsp3) is 0.423. The molecule has 0 amide bonds. The Kier molecular flexibility index (Phi) is 6.67. The number of Topliss-reactive ketones (excluding diaryl/α,β-unsaturated/α-hetero) is 2. The summed E-state index contributed by atoms with van der Waals surface area (Å²) in [6, 6.07) is 3.69. The van der Waals surface area contributed by atoms with Gasteiger partial charge in [-0.05, 0) is 50.7 Å². The summed E-state index contributed by atoms with van der Waals surface area (Å²) < 4.78 is 11.4. The first kappa shape index (κ1) is 22.8. The van der Waals surface area contributed by atoms with Crippen LogP contribution < -0.4 is 14.8 Å². The zero-order chi connectivity index (χ0) is 23.5. The Balaban J connectivity index is 1.91. The zero-order valence-corrected chi connectivity index (χ0v) is 18.9. The smallest absolute Gasteiger partial charge is 0.341 e. The van der Waals surface area contributed by atoms with Crippen LogP contribution in [0.15, 0.2) is 47.3 Å². The van der Waals surface area contributed by atoms with Crippen LogP contribution in [0.5, 0.6) is 11.5 Å². The van der Waals surface area contributed by atoms with Crippen molar-refractivity contribution in [1.29, 1.82) is 0 Å². The molecule has 1 aromatic carbocycles. The van der Waals surface area contributed by atoms with Crippen molar-refractivity contribution in [3.05, 3.63) is 58.5 Å². The Morgan fingerprint density at radius 1 is 1.09 bits per heavy atom. The van der Waals surface area contributed by atoms with E-state index in [9.17, 15) is 14.4 Å². The summed E-state index contributed by atoms with van der Waals surface area (Å²) in [5.74, 6) is -0.670. The molecular formula is C26H29NO6. The number of dihydropyridines is 1. The van der Waals surface area contributed by atoms with Gasteiger partial charge in [-0.2, -0.15) is 0 Å². The van der Waals surface area contributed by atoms with Crippen molar-refractivity contribution >= 4 is 17.5 Å². The Morgan fingerprint density at radius 2 is 1.73 bits per heavy atom. The molecule has 1 aromatic rings. The number of ketones is 2. The van der Waals surface area contributed by atoms with Gasteiger partial charge in [-0.3, -0.25) is 9.59 Å². The van der Waals surface area contributed by atoms with E-state index in [1.165, 1.54) is 0 Å². The minimum atomic E-state index is -1.09. The molecule has 7 heteroatoms. The SMILES string of the molecule is C=CCc1cc(C2C3=C(CCCC3=O)NC3=C2C(=O)CCC3)cc(OCC)c1OCC(=O)O. The van der Waals surface area contributed by atoms with E-state index in [0.717, 1.165) is 42.6 Å². The largest absolute Gasteiger partial charge is 0.490 e. The second-order valence-electron chi connectivity index (χ2n) is 8.51. The molecule has 2 aliphatic carbocycles. The minimum Gasteiger partial charge on any atom is -0.490 e. The average Bonchev–Trinajstić information content (AvgIpc) is 2.77. The zero-order valence-electron chi connectivity index (χ0n) is 18.9. The molecule has 0 saturated carbocycles. The normalized spacial score (nSPS) is 18.5. The van der Waals surface area contributed by atoms with Crippen molar-refractivity contribution in [2.45, 2.75) is 57.8 Å². The van der Waals surface area contributed by atoms with Crippen LogP contribution >= 0.6 is 0 Å². The summed E-state index contributed by atoms with van der Waals surface area (Å²) in [4.78, 5) is 37.3. The number of allylic oxidation sites excluding steroid dienone is 5. The molecule has 3 aliphatic rings. The number of ether oxygens (including phenoxy) is 2. The third-order valence-electron chi connectivity index (χ3n) is 6.28. The predicted octanol–water partition coefficient (Wildman–Crippen LogP) is 3.98. The van der Waals surface area contributed by atoms with Gasteiger partial charge >= 0.3 is 5.97 Å². The number of carbonyl (C=O) groups excluding carboxylic acids is 2. The first-order chi connectivity index (χ1) is 15.9. The summed E-state index contributed by atoms with van der Waals surface area (Å²) in [6.07, 6.45) is 6.20. The highest BCUT2D eigenvalue weighted by atomic mass is 16.5. The first-order valence-electron chi connectivity index (χ1n) is 11.5. The average molecular weight is 452 g/mol. The third-order valence-corrected chi connectivity index (χ3v) is 6.28. The van der Waals surface area contributed by atoms with Crippen LogP contribution in [0.2, 0.25) is 0 Å². The summed E-state index contributed by atoms with van der Waals surface area (Å²) in [7, 11) is 0. The van der Waals surface area contributed by atoms with E-state index in [0.29, 0.717) is 54.1 Å². The van der Waals surface area contributed by atoms with Gasteiger partial charge in [0.15, 0.2) is 29.7 Å². The van der Waals surface area contributed by atoms with Crippen LogP contribution in [0.4, 0.5) is 0 Å². The molecule has 1 aliphatic heterocycles. The Hall–Kier alpha value is -3.35. The number of rotatable bonds is 8. The number of benzene rings is 1. The lowest BCUT2D eigenvalue weighted by Crippen LogP contribution is -2.36. The Bertz CT molecular complexity index is 1040. The van der Waals surface area contributed by atoms with E-state index in [4.69, 9.17) is 14.6 Å². The molecule has 174 valence electrons. The highest BCUT2D eigenvalue weighted by Crippen LogP contribution is 2.47. The minimum absolute atomic E-state index is 0.0631. The van der Waals surface area contributed by atoms with Gasteiger partial charge < -0.3 is 19.9 Å². The number of hydrogen-bond acceptors (Lipinski definition) is 6. The quantitative estimate of drug-likeness (QED) is 0.577. The summed E-state index contributed by atoms with van der Waals surface area (Å²) in [5.41, 5.74) is 4.66. The molecule has 0 unspecified atom stereocenters. The van der Waals surface area contributed by atoms with Gasteiger partial charge in [-0.15, -0.1) is 6.58 Å². The lowest BCUT2D eigenvalue weighted by Gasteiger charge is -2.37.